The number of carbonyl (C=O) groups is 1. The Bertz CT molecular complexity index is 809. The molecule has 7 nitrogen and oxygen atoms in total. The SMILES string of the molecule is C#CCOc1cc([N+](=O)[O-])ccc1COC(=O)Nc1ccc(C)cc1. The third-order valence-electron chi connectivity index (χ3n) is 3.23. The van der Waals surface area contributed by atoms with Gasteiger partial charge in [0.25, 0.3) is 5.69 Å². The average Bonchev–Trinajstić information content (AvgIpc) is 2.60. The molecule has 1 amide bonds. The molecule has 1 N–H and O–H groups in total. The third-order valence-corrected chi connectivity index (χ3v) is 3.23. The highest BCUT2D eigenvalue weighted by Gasteiger charge is 2.13. The van der Waals surface area contributed by atoms with Crippen LogP contribution < -0.4 is 10.1 Å². The third kappa shape index (κ3) is 5.25. The van der Waals surface area contributed by atoms with Gasteiger partial charge in [0.1, 0.15) is 19.0 Å². The van der Waals surface area contributed by atoms with E-state index in [2.05, 4.69) is 11.2 Å². The smallest absolute Gasteiger partial charge is 0.411 e. The Labute approximate surface area is 144 Å². The summed E-state index contributed by atoms with van der Waals surface area (Å²) in [5.41, 5.74) is 2.00. The second-order valence-corrected chi connectivity index (χ2v) is 5.11. The zero-order valence-electron chi connectivity index (χ0n) is 13.5. The van der Waals surface area contributed by atoms with Crippen LogP contribution in [0.4, 0.5) is 16.2 Å². The number of carbonyl (C=O) groups excluding carboxylic acids is 1. The lowest BCUT2D eigenvalue weighted by Gasteiger charge is -2.11. The van der Waals surface area contributed by atoms with Crippen LogP contribution in [0.2, 0.25) is 0 Å². The molecule has 2 aromatic rings. The predicted molar refractivity (Wildman–Crippen MR) is 92.4 cm³/mol. The minimum atomic E-state index is -0.648. The molecule has 0 saturated heterocycles. The van der Waals surface area contributed by atoms with Gasteiger partial charge in [0.2, 0.25) is 0 Å². The molecular weight excluding hydrogens is 324 g/mol. The molecule has 0 aliphatic carbocycles. The van der Waals surface area contributed by atoms with E-state index in [4.69, 9.17) is 15.9 Å². The summed E-state index contributed by atoms with van der Waals surface area (Å²) >= 11 is 0. The van der Waals surface area contributed by atoms with Crippen LogP contribution in [0.5, 0.6) is 5.75 Å². The number of non-ortho nitro benzene ring substituents is 1. The van der Waals surface area contributed by atoms with E-state index in [1.54, 1.807) is 12.1 Å². The lowest BCUT2D eigenvalue weighted by Crippen LogP contribution is -2.14. The molecule has 0 aliphatic heterocycles. The highest BCUT2D eigenvalue weighted by molar-refractivity contribution is 5.84. The Morgan fingerprint density at radius 2 is 2.00 bits per heavy atom. The number of nitrogens with one attached hydrogen (secondary N) is 1. The molecule has 0 fully saturated rings. The monoisotopic (exact) mass is 340 g/mol. The summed E-state index contributed by atoms with van der Waals surface area (Å²) in [6.07, 6.45) is 4.49. The minimum Gasteiger partial charge on any atom is -0.480 e. The van der Waals surface area contributed by atoms with E-state index in [0.717, 1.165) is 5.56 Å². The van der Waals surface area contributed by atoms with E-state index in [1.165, 1.54) is 18.2 Å². The van der Waals surface area contributed by atoms with Crippen molar-refractivity contribution in [2.75, 3.05) is 11.9 Å². The van der Waals surface area contributed by atoms with Gasteiger partial charge in [0.15, 0.2) is 0 Å². The van der Waals surface area contributed by atoms with Crippen molar-refractivity contribution in [3.05, 3.63) is 63.7 Å². The van der Waals surface area contributed by atoms with E-state index in [9.17, 15) is 14.9 Å². The fourth-order valence-electron chi connectivity index (χ4n) is 1.96. The Balaban J connectivity index is 2.03. The number of nitro benzene ring substituents is 1. The number of ether oxygens (including phenoxy) is 2. The van der Waals surface area contributed by atoms with Gasteiger partial charge in [-0.2, -0.15) is 0 Å². The van der Waals surface area contributed by atoms with Crippen LogP contribution in [0.15, 0.2) is 42.5 Å². The maximum atomic E-state index is 11.9. The number of amides is 1. The summed E-state index contributed by atoms with van der Waals surface area (Å²) < 4.78 is 10.4. The van der Waals surface area contributed by atoms with Gasteiger partial charge < -0.3 is 9.47 Å². The van der Waals surface area contributed by atoms with Crippen molar-refractivity contribution in [2.24, 2.45) is 0 Å². The van der Waals surface area contributed by atoms with E-state index in [0.29, 0.717) is 11.3 Å². The maximum absolute atomic E-state index is 11.9. The van der Waals surface area contributed by atoms with Crippen molar-refractivity contribution >= 4 is 17.5 Å². The fourth-order valence-corrected chi connectivity index (χ4v) is 1.96. The Morgan fingerprint density at radius 1 is 1.28 bits per heavy atom. The molecule has 0 saturated carbocycles. The van der Waals surface area contributed by atoms with Crippen LogP contribution in [-0.2, 0) is 11.3 Å². The molecule has 7 heteroatoms. The van der Waals surface area contributed by atoms with E-state index < -0.39 is 11.0 Å². The average molecular weight is 340 g/mol. The highest BCUT2D eigenvalue weighted by atomic mass is 16.6. The molecule has 2 rings (SSSR count). The lowest BCUT2D eigenvalue weighted by molar-refractivity contribution is -0.385. The number of aryl methyl sites for hydroxylation is 1. The molecule has 25 heavy (non-hydrogen) atoms. The molecule has 0 atom stereocenters. The molecule has 0 aromatic heterocycles. The fraction of sp³-hybridized carbons (Fsp3) is 0.167. The summed E-state index contributed by atoms with van der Waals surface area (Å²) in [5, 5.41) is 13.4. The number of nitrogens with zero attached hydrogens (tertiary/aromatic N) is 1. The Kier molecular flexibility index (Phi) is 5.96. The van der Waals surface area contributed by atoms with E-state index in [1.807, 2.05) is 19.1 Å². The Hall–Kier alpha value is -3.53. The van der Waals surface area contributed by atoms with Gasteiger partial charge in [0.05, 0.1) is 11.0 Å². The van der Waals surface area contributed by atoms with Gasteiger partial charge >= 0.3 is 6.09 Å². The molecular formula is C18H16N2O5. The van der Waals surface area contributed by atoms with Crippen molar-refractivity contribution < 1.29 is 19.2 Å². The number of nitro groups is 1. The number of terminal acetylenes is 1. The van der Waals surface area contributed by atoms with E-state index in [-0.39, 0.29) is 24.7 Å². The minimum absolute atomic E-state index is 0.0519. The summed E-state index contributed by atoms with van der Waals surface area (Å²) in [5.74, 6) is 2.49. The van der Waals surface area contributed by atoms with Crippen LogP contribution in [-0.4, -0.2) is 17.6 Å². The van der Waals surface area contributed by atoms with Crippen LogP contribution in [0.25, 0.3) is 0 Å². The van der Waals surface area contributed by atoms with Crippen molar-refractivity contribution in [1.29, 1.82) is 0 Å². The summed E-state index contributed by atoms with van der Waals surface area (Å²) in [6, 6.07) is 11.2. The summed E-state index contributed by atoms with van der Waals surface area (Å²) in [7, 11) is 0. The van der Waals surface area contributed by atoms with Crippen molar-refractivity contribution in [3.8, 4) is 18.1 Å². The number of rotatable bonds is 6. The zero-order chi connectivity index (χ0) is 18.2. The molecule has 2 aromatic carbocycles. The largest absolute Gasteiger partial charge is 0.480 e. The van der Waals surface area contributed by atoms with Crippen molar-refractivity contribution in [3.63, 3.8) is 0 Å². The predicted octanol–water partition coefficient (Wildman–Crippen LogP) is 3.66. The molecule has 128 valence electrons. The lowest BCUT2D eigenvalue weighted by atomic mass is 10.2. The first-order valence-electron chi connectivity index (χ1n) is 7.33. The number of hydrogen-bond acceptors (Lipinski definition) is 5. The molecule has 0 bridgehead atoms. The van der Waals surface area contributed by atoms with Gasteiger partial charge in [-0.3, -0.25) is 15.4 Å². The number of hydrogen-bond donors (Lipinski definition) is 1. The second kappa shape index (κ2) is 8.36. The first kappa shape index (κ1) is 17.8. The first-order valence-corrected chi connectivity index (χ1v) is 7.33. The van der Waals surface area contributed by atoms with Crippen LogP contribution >= 0.6 is 0 Å². The normalized spacial score (nSPS) is 9.76. The maximum Gasteiger partial charge on any atom is 0.411 e. The highest BCUT2D eigenvalue weighted by Crippen LogP contribution is 2.25. The van der Waals surface area contributed by atoms with E-state index >= 15 is 0 Å². The van der Waals surface area contributed by atoms with Crippen molar-refractivity contribution in [2.45, 2.75) is 13.5 Å². The van der Waals surface area contributed by atoms with Gasteiger partial charge in [-0.1, -0.05) is 23.6 Å². The van der Waals surface area contributed by atoms with Gasteiger partial charge in [0, 0.05) is 17.3 Å². The molecule has 0 unspecified atom stereocenters. The van der Waals surface area contributed by atoms with Crippen LogP contribution in [0, 0.1) is 29.4 Å². The first-order chi connectivity index (χ1) is 12.0. The molecule has 0 radical (unpaired) electrons. The standard InChI is InChI=1S/C18H16N2O5/c1-3-10-24-17-11-16(20(22)23)9-6-14(17)12-25-18(21)19-15-7-4-13(2)5-8-15/h1,4-9,11H,10,12H2,2H3,(H,19,21). The number of anilines is 1. The quantitative estimate of drug-likeness (QED) is 0.492. The van der Waals surface area contributed by atoms with Crippen LogP contribution in [0.1, 0.15) is 11.1 Å². The van der Waals surface area contributed by atoms with Crippen molar-refractivity contribution in [1.82, 2.24) is 0 Å². The zero-order valence-corrected chi connectivity index (χ0v) is 13.5. The summed E-state index contributed by atoms with van der Waals surface area (Å²) in [6.45, 7) is 1.77. The second-order valence-electron chi connectivity index (χ2n) is 5.11. The summed E-state index contributed by atoms with van der Waals surface area (Å²) in [4.78, 5) is 22.2. The molecule has 0 heterocycles. The van der Waals surface area contributed by atoms with Gasteiger partial charge in [-0.25, -0.2) is 4.79 Å². The van der Waals surface area contributed by atoms with Gasteiger partial charge in [-0.15, -0.1) is 6.42 Å². The number of benzene rings is 2. The Morgan fingerprint density at radius 3 is 2.64 bits per heavy atom. The van der Waals surface area contributed by atoms with Gasteiger partial charge in [-0.05, 0) is 25.1 Å². The van der Waals surface area contributed by atoms with Crippen LogP contribution in [0.3, 0.4) is 0 Å². The molecule has 0 spiro atoms. The topological polar surface area (TPSA) is 90.7 Å². The molecule has 0 aliphatic rings.